The molecule has 0 aliphatic carbocycles. The van der Waals surface area contributed by atoms with E-state index in [0.29, 0.717) is 13.1 Å². The topological polar surface area (TPSA) is 49.8 Å². The van der Waals surface area contributed by atoms with Gasteiger partial charge in [0.25, 0.3) is 0 Å². The molecule has 2 heterocycles. The van der Waals surface area contributed by atoms with Crippen molar-refractivity contribution in [2.75, 3.05) is 19.6 Å². The van der Waals surface area contributed by atoms with E-state index in [0.717, 1.165) is 18.7 Å². The number of aryl methyl sites for hydroxylation is 1. The van der Waals surface area contributed by atoms with Crippen molar-refractivity contribution < 1.29 is 14.6 Å². The summed E-state index contributed by atoms with van der Waals surface area (Å²) in [6, 6.07) is 6.26. The molecule has 3 rings (SSSR count). The highest BCUT2D eigenvalue weighted by atomic mass is 16.5. The quantitative estimate of drug-likeness (QED) is 0.875. The van der Waals surface area contributed by atoms with Gasteiger partial charge in [0.2, 0.25) is 0 Å². The predicted molar refractivity (Wildman–Crippen MR) is 66.9 cm³/mol. The molecule has 96 valence electrons. The number of benzene rings is 1. The second kappa shape index (κ2) is 4.28. The fourth-order valence-electron chi connectivity index (χ4n) is 2.71. The zero-order chi connectivity index (χ0) is 12.7. The van der Waals surface area contributed by atoms with Gasteiger partial charge in [-0.1, -0.05) is 17.7 Å². The Morgan fingerprint density at radius 3 is 3.00 bits per heavy atom. The van der Waals surface area contributed by atoms with Crippen LogP contribution >= 0.6 is 0 Å². The van der Waals surface area contributed by atoms with E-state index < -0.39 is 5.97 Å². The molecule has 1 aromatic rings. The normalized spacial score (nSPS) is 23.3. The molecule has 1 saturated heterocycles. The number of carboxylic acids is 1. The Balaban J connectivity index is 1.54. The summed E-state index contributed by atoms with van der Waals surface area (Å²) in [5.41, 5.74) is 2.53. The highest BCUT2D eigenvalue weighted by Crippen LogP contribution is 2.30. The number of carbonyl (C=O) groups is 1. The smallest absolute Gasteiger partial charge is 0.309 e. The Morgan fingerprint density at radius 1 is 1.50 bits per heavy atom. The van der Waals surface area contributed by atoms with Gasteiger partial charge in [0.05, 0.1) is 5.92 Å². The summed E-state index contributed by atoms with van der Waals surface area (Å²) in [6.45, 7) is 4.23. The third kappa shape index (κ3) is 2.08. The molecular weight excluding hydrogens is 230 g/mol. The van der Waals surface area contributed by atoms with E-state index in [1.165, 1.54) is 11.1 Å². The largest absolute Gasteiger partial charge is 0.488 e. The monoisotopic (exact) mass is 247 g/mol. The second-order valence-electron chi connectivity index (χ2n) is 5.31. The predicted octanol–water partition coefficient (Wildman–Crippen LogP) is 1.31. The van der Waals surface area contributed by atoms with Gasteiger partial charge >= 0.3 is 5.97 Å². The molecular formula is C14H17NO3. The molecule has 0 aromatic heterocycles. The Kier molecular flexibility index (Phi) is 2.74. The maximum Gasteiger partial charge on any atom is 0.309 e. The van der Waals surface area contributed by atoms with Crippen LogP contribution in [0.15, 0.2) is 18.2 Å². The third-order valence-corrected chi connectivity index (χ3v) is 3.73. The van der Waals surface area contributed by atoms with Crippen molar-refractivity contribution in [2.24, 2.45) is 5.92 Å². The number of likely N-dealkylation sites (tertiary alicyclic amines) is 1. The van der Waals surface area contributed by atoms with E-state index in [1.54, 1.807) is 0 Å². The average molecular weight is 247 g/mol. The molecule has 4 nitrogen and oxygen atoms in total. The fourth-order valence-corrected chi connectivity index (χ4v) is 2.71. The van der Waals surface area contributed by atoms with Crippen molar-refractivity contribution in [1.82, 2.24) is 4.90 Å². The van der Waals surface area contributed by atoms with Crippen LogP contribution in [0.25, 0.3) is 0 Å². The average Bonchev–Trinajstić information content (AvgIpc) is 2.63. The zero-order valence-electron chi connectivity index (χ0n) is 10.4. The van der Waals surface area contributed by atoms with Crippen molar-refractivity contribution in [3.63, 3.8) is 0 Å². The molecule has 18 heavy (non-hydrogen) atoms. The van der Waals surface area contributed by atoms with Gasteiger partial charge in [-0.25, -0.2) is 0 Å². The first-order valence-electron chi connectivity index (χ1n) is 6.33. The summed E-state index contributed by atoms with van der Waals surface area (Å²) in [7, 11) is 0. The Morgan fingerprint density at radius 2 is 2.28 bits per heavy atom. The molecule has 0 spiro atoms. The number of hydrogen-bond donors (Lipinski definition) is 1. The summed E-state index contributed by atoms with van der Waals surface area (Å²) in [5.74, 6) is 0.120. The number of fused-ring (bicyclic) bond motifs is 1. The molecule has 1 atom stereocenters. The summed E-state index contributed by atoms with van der Waals surface area (Å²) < 4.78 is 5.87. The van der Waals surface area contributed by atoms with Crippen LogP contribution in [0.1, 0.15) is 11.1 Å². The van der Waals surface area contributed by atoms with Gasteiger partial charge in [0.1, 0.15) is 11.9 Å². The van der Waals surface area contributed by atoms with Crippen LogP contribution in [0, 0.1) is 12.8 Å². The first-order chi connectivity index (χ1) is 8.61. The number of ether oxygens (including phenoxy) is 1. The van der Waals surface area contributed by atoms with Crippen molar-refractivity contribution in [3.8, 4) is 5.75 Å². The Labute approximate surface area is 106 Å². The van der Waals surface area contributed by atoms with E-state index in [2.05, 4.69) is 24.0 Å². The first-order valence-corrected chi connectivity index (χ1v) is 6.33. The minimum atomic E-state index is -0.683. The molecule has 0 amide bonds. The Bertz CT molecular complexity index is 480. The summed E-state index contributed by atoms with van der Waals surface area (Å²) in [4.78, 5) is 12.9. The summed E-state index contributed by atoms with van der Waals surface area (Å²) in [5, 5.41) is 8.83. The molecule has 2 aliphatic rings. The lowest BCUT2D eigenvalue weighted by atomic mass is 9.99. The van der Waals surface area contributed by atoms with Gasteiger partial charge < -0.3 is 9.84 Å². The number of nitrogens with zero attached hydrogens (tertiary/aromatic N) is 1. The van der Waals surface area contributed by atoms with Crippen LogP contribution in [0.2, 0.25) is 0 Å². The number of hydrogen-bond acceptors (Lipinski definition) is 3. The molecule has 1 unspecified atom stereocenters. The van der Waals surface area contributed by atoms with E-state index in [1.807, 2.05) is 6.07 Å². The number of aliphatic carboxylic acids is 1. The van der Waals surface area contributed by atoms with Crippen LogP contribution in [0.5, 0.6) is 5.75 Å². The standard InChI is InChI=1S/C14H17NO3/c1-9-2-3-13-10(4-9)5-12(18-13)8-15-6-11(7-15)14(16)17/h2-4,11-12H,5-8H2,1H3,(H,16,17). The lowest BCUT2D eigenvalue weighted by Crippen LogP contribution is -2.53. The molecule has 0 radical (unpaired) electrons. The van der Waals surface area contributed by atoms with Crippen molar-refractivity contribution in [3.05, 3.63) is 29.3 Å². The van der Waals surface area contributed by atoms with Gasteiger partial charge in [0, 0.05) is 26.1 Å². The lowest BCUT2D eigenvalue weighted by molar-refractivity contribution is -0.148. The lowest BCUT2D eigenvalue weighted by Gasteiger charge is -2.37. The third-order valence-electron chi connectivity index (χ3n) is 3.73. The van der Waals surface area contributed by atoms with E-state index >= 15 is 0 Å². The van der Waals surface area contributed by atoms with Crippen LogP contribution in [-0.4, -0.2) is 41.7 Å². The molecule has 0 bridgehead atoms. The first kappa shape index (κ1) is 11.5. The Hall–Kier alpha value is -1.55. The van der Waals surface area contributed by atoms with E-state index in [9.17, 15) is 4.79 Å². The molecule has 1 N–H and O–H groups in total. The van der Waals surface area contributed by atoms with Gasteiger partial charge in [-0.3, -0.25) is 9.69 Å². The number of carboxylic acid groups (broad SMARTS) is 1. The van der Waals surface area contributed by atoms with Crippen LogP contribution in [-0.2, 0) is 11.2 Å². The maximum absolute atomic E-state index is 10.7. The molecule has 2 aliphatic heterocycles. The van der Waals surface area contributed by atoms with Gasteiger partial charge in [-0.15, -0.1) is 0 Å². The highest BCUT2D eigenvalue weighted by Gasteiger charge is 2.35. The van der Waals surface area contributed by atoms with Gasteiger partial charge in [-0.05, 0) is 18.6 Å². The maximum atomic E-state index is 10.7. The number of rotatable bonds is 3. The second-order valence-corrected chi connectivity index (χ2v) is 5.31. The molecule has 0 saturated carbocycles. The van der Waals surface area contributed by atoms with E-state index in [-0.39, 0.29) is 12.0 Å². The SMILES string of the molecule is Cc1ccc2c(c1)CC(CN1CC(C(=O)O)C1)O2. The van der Waals surface area contributed by atoms with Crippen molar-refractivity contribution in [2.45, 2.75) is 19.4 Å². The molecule has 1 fully saturated rings. The van der Waals surface area contributed by atoms with Gasteiger partial charge in [0.15, 0.2) is 0 Å². The van der Waals surface area contributed by atoms with Crippen LogP contribution < -0.4 is 4.74 Å². The van der Waals surface area contributed by atoms with Crippen LogP contribution in [0.3, 0.4) is 0 Å². The molecule has 1 aromatic carbocycles. The highest BCUT2D eigenvalue weighted by molar-refractivity contribution is 5.71. The zero-order valence-corrected chi connectivity index (χ0v) is 10.4. The molecule has 4 heteroatoms. The van der Waals surface area contributed by atoms with Crippen LogP contribution in [0.4, 0.5) is 0 Å². The summed E-state index contributed by atoms with van der Waals surface area (Å²) in [6.07, 6.45) is 1.11. The minimum absolute atomic E-state index is 0.177. The minimum Gasteiger partial charge on any atom is -0.488 e. The summed E-state index contributed by atoms with van der Waals surface area (Å²) >= 11 is 0. The van der Waals surface area contributed by atoms with Crippen molar-refractivity contribution >= 4 is 5.97 Å². The fraction of sp³-hybridized carbons (Fsp3) is 0.500. The van der Waals surface area contributed by atoms with Gasteiger partial charge in [-0.2, -0.15) is 0 Å². The van der Waals surface area contributed by atoms with E-state index in [4.69, 9.17) is 9.84 Å². The van der Waals surface area contributed by atoms with Crippen molar-refractivity contribution in [1.29, 1.82) is 0 Å².